The lowest BCUT2D eigenvalue weighted by molar-refractivity contribution is -0.143. The van der Waals surface area contributed by atoms with Gasteiger partial charge in [-0.2, -0.15) is 0 Å². The Labute approximate surface area is 125 Å². The van der Waals surface area contributed by atoms with Crippen molar-refractivity contribution in [1.29, 1.82) is 0 Å². The Kier molecular flexibility index (Phi) is 2.81. The molecule has 0 heterocycles. The number of Topliss-reactive ketones (excluding diaryl/α,β-unsaturated/α-hetero) is 1. The second kappa shape index (κ2) is 4.70. The van der Waals surface area contributed by atoms with Crippen molar-refractivity contribution in [1.82, 2.24) is 0 Å². The average molecular weight is 274 g/mol. The van der Waals surface area contributed by atoms with E-state index in [1.807, 2.05) is 24.3 Å². The van der Waals surface area contributed by atoms with Crippen LogP contribution in [0, 0.1) is 11.8 Å². The number of fused-ring (bicyclic) bond motifs is 1. The molecule has 3 atom stereocenters. The molecule has 2 aromatic rings. The summed E-state index contributed by atoms with van der Waals surface area (Å²) in [4.78, 5) is 12.9. The summed E-state index contributed by atoms with van der Waals surface area (Å²) in [5, 5.41) is 0. The fraction of sp³-hybridized carbons (Fsp3) is 0.250. The van der Waals surface area contributed by atoms with E-state index in [0.29, 0.717) is 11.7 Å². The number of allylic oxidation sites excluding steroid dienone is 2. The number of hydrogen-bond donors (Lipinski definition) is 0. The lowest BCUT2D eigenvalue weighted by Crippen LogP contribution is -2.60. The van der Waals surface area contributed by atoms with Gasteiger partial charge in [0.1, 0.15) is 5.78 Å². The maximum atomic E-state index is 12.9. The van der Waals surface area contributed by atoms with Gasteiger partial charge in [-0.25, -0.2) is 0 Å². The summed E-state index contributed by atoms with van der Waals surface area (Å²) in [5.74, 6) is 1.01. The topological polar surface area (TPSA) is 17.1 Å². The molecule has 0 radical (unpaired) electrons. The first-order valence-electron chi connectivity index (χ1n) is 7.63. The fourth-order valence-corrected chi connectivity index (χ4v) is 4.12. The van der Waals surface area contributed by atoms with Gasteiger partial charge in [0.05, 0.1) is 5.41 Å². The van der Waals surface area contributed by atoms with Crippen LogP contribution in [0.2, 0.25) is 0 Å². The maximum absolute atomic E-state index is 12.9. The van der Waals surface area contributed by atoms with Gasteiger partial charge in [0.2, 0.25) is 0 Å². The molecule has 1 saturated carbocycles. The van der Waals surface area contributed by atoms with E-state index in [1.54, 1.807) is 0 Å². The Morgan fingerprint density at radius 2 is 1.62 bits per heavy atom. The Bertz CT molecular complexity index is 686. The molecular formula is C20H18O. The predicted molar refractivity (Wildman–Crippen MR) is 84.0 cm³/mol. The quantitative estimate of drug-likeness (QED) is 0.775. The third-order valence-corrected chi connectivity index (χ3v) is 5.13. The third kappa shape index (κ3) is 1.73. The van der Waals surface area contributed by atoms with E-state index in [2.05, 4.69) is 48.6 Å². The van der Waals surface area contributed by atoms with Crippen molar-refractivity contribution < 1.29 is 4.79 Å². The van der Waals surface area contributed by atoms with E-state index in [4.69, 9.17) is 0 Å². The Morgan fingerprint density at radius 3 is 2.33 bits per heavy atom. The highest BCUT2D eigenvalue weighted by molar-refractivity contribution is 6.00. The monoisotopic (exact) mass is 274 g/mol. The first-order chi connectivity index (χ1) is 10.3. The minimum Gasteiger partial charge on any atom is -0.298 e. The summed E-state index contributed by atoms with van der Waals surface area (Å²) in [6, 6.07) is 20.7. The number of ketones is 1. The van der Waals surface area contributed by atoms with Crippen LogP contribution in [0.4, 0.5) is 0 Å². The summed E-state index contributed by atoms with van der Waals surface area (Å²) in [7, 11) is 0. The van der Waals surface area contributed by atoms with E-state index in [0.717, 1.165) is 12.8 Å². The van der Waals surface area contributed by atoms with Crippen molar-refractivity contribution in [3.05, 3.63) is 83.9 Å². The molecule has 0 spiro atoms. The molecular weight excluding hydrogens is 256 g/mol. The summed E-state index contributed by atoms with van der Waals surface area (Å²) in [6.45, 7) is 0. The first kappa shape index (κ1) is 12.6. The van der Waals surface area contributed by atoms with Crippen LogP contribution in [-0.2, 0) is 16.6 Å². The molecule has 1 fully saturated rings. The Hall–Kier alpha value is -2.15. The van der Waals surface area contributed by atoms with Gasteiger partial charge in [0, 0.05) is 11.8 Å². The summed E-state index contributed by atoms with van der Waals surface area (Å²) in [5.41, 5.74) is 2.07. The van der Waals surface area contributed by atoms with Crippen molar-refractivity contribution in [3.63, 3.8) is 0 Å². The van der Waals surface area contributed by atoms with E-state index >= 15 is 0 Å². The van der Waals surface area contributed by atoms with E-state index in [-0.39, 0.29) is 11.3 Å². The second-order valence-electron chi connectivity index (χ2n) is 6.16. The number of carbonyl (C=O) groups is 1. The van der Waals surface area contributed by atoms with Gasteiger partial charge < -0.3 is 0 Å². The molecule has 0 saturated heterocycles. The average Bonchev–Trinajstić information content (AvgIpc) is 3.00. The van der Waals surface area contributed by atoms with Gasteiger partial charge in [-0.15, -0.1) is 0 Å². The molecule has 0 unspecified atom stereocenters. The van der Waals surface area contributed by atoms with Crippen LogP contribution in [-0.4, -0.2) is 5.78 Å². The molecule has 0 aliphatic heterocycles. The molecule has 2 aromatic carbocycles. The van der Waals surface area contributed by atoms with E-state index in [1.165, 1.54) is 11.1 Å². The Balaban J connectivity index is 1.80. The van der Waals surface area contributed by atoms with Gasteiger partial charge in [-0.05, 0) is 24.0 Å². The minimum atomic E-state index is -0.347. The van der Waals surface area contributed by atoms with Gasteiger partial charge in [-0.3, -0.25) is 4.79 Å². The molecule has 0 bridgehead atoms. The SMILES string of the molecule is O=C1[C@@H]2CC=C[C@@H]2[C@]1(Cc1ccccc1)c1ccccc1. The van der Waals surface area contributed by atoms with Crippen LogP contribution in [0.1, 0.15) is 17.5 Å². The molecule has 1 nitrogen and oxygen atoms in total. The highest BCUT2D eigenvalue weighted by Gasteiger charge is 2.61. The summed E-state index contributed by atoms with van der Waals surface area (Å²) in [6.07, 6.45) is 6.18. The van der Waals surface area contributed by atoms with Crippen molar-refractivity contribution in [2.24, 2.45) is 11.8 Å². The molecule has 1 heteroatoms. The lowest BCUT2D eigenvalue weighted by Gasteiger charge is -2.51. The molecule has 2 aliphatic carbocycles. The number of rotatable bonds is 3. The molecule has 2 aliphatic rings. The van der Waals surface area contributed by atoms with Crippen molar-refractivity contribution in [2.45, 2.75) is 18.3 Å². The smallest absolute Gasteiger partial charge is 0.148 e. The van der Waals surface area contributed by atoms with E-state index < -0.39 is 0 Å². The molecule has 104 valence electrons. The molecule has 0 aromatic heterocycles. The highest BCUT2D eigenvalue weighted by atomic mass is 16.1. The number of carbonyl (C=O) groups excluding carboxylic acids is 1. The van der Waals surface area contributed by atoms with Gasteiger partial charge in [-0.1, -0.05) is 72.8 Å². The fourth-order valence-electron chi connectivity index (χ4n) is 4.12. The maximum Gasteiger partial charge on any atom is 0.148 e. The normalized spacial score (nSPS) is 30.0. The molecule has 0 amide bonds. The largest absolute Gasteiger partial charge is 0.298 e. The zero-order valence-electron chi connectivity index (χ0n) is 11.9. The summed E-state index contributed by atoms with van der Waals surface area (Å²) < 4.78 is 0. The number of benzene rings is 2. The van der Waals surface area contributed by atoms with E-state index in [9.17, 15) is 4.79 Å². The molecule has 0 N–H and O–H groups in total. The lowest BCUT2D eigenvalue weighted by atomic mass is 9.49. The predicted octanol–water partition coefficient (Wildman–Crippen LogP) is 3.94. The van der Waals surface area contributed by atoms with Gasteiger partial charge >= 0.3 is 0 Å². The second-order valence-corrected chi connectivity index (χ2v) is 6.16. The van der Waals surface area contributed by atoms with Crippen molar-refractivity contribution in [2.75, 3.05) is 0 Å². The molecule has 4 rings (SSSR count). The standard InChI is InChI=1S/C20H18O/c21-19-17-12-7-13-18(17)20(19,16-10-5-2-6-11-16)14-15-8-3-1-4-9-15/h1-11,13,17-18H,12,14H2/t17-,18+,20+/m1/s1. The van der Waals surface area contributed by atoms with Crippen LogP contribution in [0.25, 0.3) is 0 Å². The van der Waals surface area contributed by atoms with Crippen molar-refractivity contribution >= 4 is 5.78 Å². The van der Waals surface area contributed by atoms with Gasteiger partial charge in [0.15, 0.2) is 0 Å². The molecule has 21 heavy (non-hydrogen) atoms. The Morgan fingerprint density at radius 1 is 0.952 bits per heavy atom. The van der Waals surface area contributed by atoms with Crippen LogP contribution in [0.5, 0.6) is 0 Å². The van der Waals surface area contributed by atoms with Crippen LogP contribution in [0.3, 0.4) is 0 Å². The zero-order valence-corrected chi connectivity index (χ0v) is 11.9. The van der Waals surface area contributed by atoms with Crippen LogP contribution in [0.15, 0.2) is 72.8 Å². The van der Waals surface area contributed by atoms with Gasteiger partial charge in [0.25, 0.3) is 0 Å². The first-order valence-corrected chi connectivity index (χ1v) is 7.63. The zero-order chi connectivity index (χ0) is 14.3. The van der Waals surface area contributed by atoms with Crippen molar-refractivity contribution in [3.8, 4) is 0 Å². The third-order valence-electron chi connectivity index (χ3n) is 5.13. The van der Waals surface area contributed by atoms with Crippen LogP contribution >= 0.6 is 0 Å². The highest BCUT2D eigenvalue weighted by Crippen LogP contribution is 2.56. The minimum absolute atomic E-state index is 0.217. The van der Waals surface area contributed by atoms with Crippen LogP contribution < -0.4 is 0 Å². The summed E-state index contributed by atoms with van der Waals surface area (Å²) >= 11 is 0. The number of hydrogen-bond acceptors (Lipinski definition) is 1.